The van der Waals surface area contributed by atoms with E-state index in [1.165, 1.54) is 11.2 Å². The third-order valence-electron chi connectivity index (χ3n) is 6.21. The standard InChI is InChI=1S/C26H23NO5/c1-15-7-9-19(13-16(15)2)27-23(21-6-4-12-32-21)22(25(29)26(27)30)24(28)18-8-10-20-17(14-18)5-3-11-31-20/h4,6-10,12-14,23,28H,3,5,11H2,1-2H3/b24-22-. The van der Waals surface area contributed by atoms with Gasteiger partial charge in [0.1, 0.15) is 23.3 Å². The molecule has 1 N–H and O–H groups in total. The van der Waals surface area contributed by atoms with E-state index in [2.05, 4.69) is 0 Å². The number of fused-ring (bicyclic) bond motifs is 1. The third-order valence-corrected chi connectivity index (χ3v) is 6.21. The summed E-state index contributed by atoms with van der Waals surface area (Å²) in [5.74, 6) is -0.464. The molecule has 32 heavy (non-hydrogen) atoms. The lowest BCUT2D eigenvalue weighted by molar-refractivity contribution is -0.132. The van der Waals surface area contributed by atoms with E-state index in [1.54, 1.807) is 30.3 Å². The maximum atomic E-state index is 13.2. The van der Waals surface area contributed by atoms with Gasteiger partial charge in [0, 0.05) is 11.3 Å². The van der Waals surface area contributed by atoms with Gasteiger partial charge in [0.2, 0.25) is 0 Å². The second kappa shape index (κ2) is 7.71. The summed E-state index contributed by atoms with van der Waals surface area (Å²) < 4.78 is 11.3. The Bertz CT molecular complexity index is 1260. The van der Waals surface area contributed by atoms with Crippen LogP contribution in [0.1, 0.15) is 40.5 Å². The van der Waals surface area contributed by atoms with Crippen molar-refractivity contribution in [1.29, 1.82) is 0 Å². The molecule has 0 saturated carbocycles. The fourth-order valence-electron chi connectivity index (χ4n) is 4.35. The van der Waals surface area contributed by atoms with Gasteiger partial charge in [-0.3, -0.25) is 14.5 Å². The molecule has 1 saturated heterocycles. The number of aliphatic hydroxyl groups excluding tert-OH is 1. The number of carbonyl (C=O) groups is 2. The van der Waals surface area contributed by atoms with Crippen LogP contribution in [0.3, 0.4) is 0 Å². The normalized spacial score (nSPS) is 19.7. The number of nitrogens with zero attached hydrogens (tertiary/aromatic N) is 1. The van der Waals surface area contributed by atoms with Crippen LogP contribution in [0, 0.1) is 13.8 Å². The average molecular weight is 429 g/mol. The molecule has 6 heteroatoms. The van der Waals surface area contributed by atoms with E-state index >= 15 is 0 Å². The molecule has 3 aromatic rings. The van der Waals surface area contributed by atoms with Crippen LogP contribution in [0.5, 0.6) is 5.75 Å². The highest BCUT2D eigenvalue weighted by molar-refractivity contribution is 6.51. The minimum Gasteiger partial charge on any atom is -0.507 e. The van der Waals surface area contributed by atoms with Gasteiger partial charge in [0.05, 0.1) is 18.4 Å². The zero-order chi connectivity index (χ0) is 22.4. The number of amides is 1. The molecule has 2 aromatic carbocycles. The van der Waals surface area contributed by atoms with Crippen LogP contribution in [0.25, 0.3) is 5.76 Å². The number of rotatable bonds is 3. The molecule has 0 aliphatic carbocycles. The number of hydrogen-bond donors (Lipinski definition) is 1. The molecule has 1 aromatic heterocycles. The molecule has 5 rings (SSSR count). The van der Waals surface area contributed by atoms with Crippen molar-refractivity contribution in [2.75, 3.05) is 11.5 Å². The van der Waals surface area contributed by atoms with Gasteiger partial charge < -0.3 is 14.3 Å². The second-order valence-electron chi connectivity index (χ2n) is 8.23. The predicted molar refractivity (Wildman–Crippen MR) is 120 cm³/mol. The van der Waals surface area contributed by atoms with Crippen molar-refractivity contribution in [3.63, 3.8) is 0 Å². The van der Waals surface area contributed by atoms with Crippen molar-refractivity contribution in [3.05, 3.63) is 88.4 Å². The van der Waals surface area contributed by atoms with Crippen LogP contribution in [-0.4, -0.2) is 23.4 Å². The minimum absolute atomic E-state index is 0.0138. The lowest BCUT2D eigenvalue weighted by Crippen LogP contribution is -2.29. The summed E-state index contributed by atoms with van der Waals surface area (Å²) in [5.41, 5.74) is 4.12. The van der Waals surface area contributed by atoms with Gasteiger partial charge in [0.25, 0.3) is 11.7 Å². The maximum Gasteiger partial charge on any atom is 0.300 e. The van der Waals surface area contributed by atoms with Crippen molar-refractivity contribution < 1.29 is 23.8 Å². The maximum absolute atomic E-state index is 13.2. The van der Waals surface area contributed by atoms with Crippen LogP contribution in [-0.2, 0) is 16.0 Å². The quantitative estimate of drug-likeness (QED) is 0.366. The summed E-state index contributed by atoms with van der Waals surface area (Å²) in [6.45, 7) is 4.60. The molecule has 0 bridgehead atoms. The first-order valence-electron chi connectivity index (χ1n) is 10.6. The molecule has 1 fully saturated rings. The number of hydrogen-bond acceptors (Lipinski definition) is 5. The van der Waals surface area contributed by atoms with E-state index in [4.69, 9.17) is 9.15 Å². The van der Waals surface area contributed by atoms with Crippen molar-refractivity contribution in [2.24, 2.45) is 0 Å². The van der Waals surface area contributed by atoms with Gasteiger partial charge in [0.15, 0.2) is 0 Å². The van der Waals surface area contributed by atoms with Gasteiger partial charge >= 0.3 is 0 Å². The van der Waals surface area contributed by atoms with Gasteiger partial charge in [-0.15, -0.1) is 0 Å². The van der Waals surface area contributed by atoms with Crippen molar-refractivity contribution in [2.45, 2.75) is 32.7 Å². The lowest BCUT2D eigenvalue weighted by Gasteiger charge is -2.24. The number of aliphatic hydroxyl groups is 1. The first-order chi connectivity index (χ1) is 15.5. The van der Waals surface area contributed by atoms with E-state index in [0.717, 1.165) is 35.3 Å². The van der Waals surface area contributed by atoms with Crippen molar-refractivity contribution in [1.82, 2.24) is 0 Å². The Labute approximate surface area is 185 Å². The van der Waals surface area contributed by atoms with E-state index in [-0.39, 0.29) is 11.3 Å². The molecule has 0 spiro atoms. The first kappa shape index (κ1) is 20.1. The first-order valence-corrected chi connectivity index (χ1v) is 10.6. The monoisotopic (exact) mass is 429 g/mol. The molecule has 2 aliphatic rings. The summed E-state index contributed by atoms with van der Waals surface area (Å²) in [7, 11) is 0. The topological polar surface area (TPSA) is 80.0 Å². The number of anilines is 1. The smallest absolute Gasteiger partial charge is 0.300 e. The molecule has 1 amide bonds. The molecule has 6 nitrogen and oxygen atoms in total. The van der Waals surface area contributed by atoms with E-state index in [1.807, 2.05) is 32.0 Å². The SMILES string of the molecule is Cc1ccc(N2C(=O)C(=O)/C(=C(\O)c3ccc4c(c3)CCCO4)C2c2ccco2)cc1C. The van der Waals surface area contributed by atoms with Gasteiger partial charge in [-0.1, -0.05) is 6.07 Å². The zero-order valence-corrected chi connectivity index (χ0v) is 17.9. The number of ketones is 1. The molecule has 162 valence electrons. The largest absolute Gasteiger partial charge is 0.507 e. The summed E-state index contributed by atoms with van der Waals surface area (Å²) >= 11 is 0. The van der Waals surface area contributed by atoms with Crippen LogP contribution < -0.4 is 9.64 Å². The Morgan fingerprint density at radius 2 is 1.91 bits per heavy atom. The van der Waals surface area contributed by atoms with Gasteiger partial charge in [-0.2, -0.15) is 0 Å². The molecule has 2 aliphatic heterocycles. The summed E-state index contributed by atoms with van der Waals surface area (Å²) in [4.78, 5) is 27.7. The number of furan rings is 1. The molecule has 1 atom stereocenters. The summed E-state index contributed by atoms with van der Waals surface area (Å²) in [5, 5.41) is 11.2. The van der Waals surface area contributed by atoms with Crippen molar-refractivity contribution >= 4 is 23.1 Å². The summed E-state index contributed by atoms with van der Waals surface area (Å²) in [6, 6.07) is 13.5. The highest BCUT2D eigenvalue weighted by atomic mass is 16.5. The Balaban J connectivity index is 1.67. The molecule has 0 radical (unpaired) electrons. The van der Waals surface area contributed by atoms with E-state index in [0.29, 0.717) is 23.6 Å². The van der Waals surface area contributed by atoms with E-state index in [9.17, 15) is 14.7 Å². The molecular weight excluding hydrogens is 406 g/mol. The van der Waals surface area contributed by atoms with Crippen LogP contribution in [0.4, 0.5) is 5.69 Å². The van der Waals surface area contributed by atoms with Crippen LogP contribution in [0.2, 0.25) is 0 Å². The molecule has 3 heterocycles. The predicted octanol–water partition coefficient (Wildman–Crippen LogP) is 4.85. The number of carbonyl (C=O) groups excluding carboxylic acids is 2. The zero-order valence-electron chi connectivity index (χ0n) is 17.9. The molecule has 1 unspecified atom stereocenters. The number of aryl methyl sites for hydroxylation is 3. The highest BCUT2D eigenvalue weighted by Crippen LogP contribution is 2.43. The number of Topliss-reactive ketones (excluding diaryl/α,β-unsaturated/α-hetero) is 1. The Morgan fingerprint density at radius 3 is 2.66 bits per heavy atom. The Morgan fingerprint density at radius 1 is 1.06 bits per heavy atom. The Hall–Kier alpha value is -3.80. The van der Waals surface area contributed by atoms with Crippen molar-refractivity contribution in [3.8, 4) is 5.75 Å². The minimum atomic E-state index is -0.862. The van der Waals surface area contributed by atoms with Gasteiger partial charge in [-0.25, -0.2) is 0 Å². The second-order valence-corrected chi connectivity index (χ2v) is 8.23. The number of ether oxygens (including phenoxy) is 1. The highest BCUT2D eigenvalue weighted by Gasteiger charge is 2.48. The summed E-state index contributed by atoms with van der Waals surface area (Å²) in [6.07, 6.45) is 3.21. The third kappa shape index (κ3) is 3.19. The van der Waals surface area contributed by atoms with E-state index < -0.39 is 17.7 Å². The fraction of sp³-hybridized carbons (Fsp3) is 0.231. The van der Waals surface area contributed by atoms with Gasteiger partial charge in [-0.05, 0) is 85.8 Å². The average Bonchev–Trinajstić information content (AvgIpc) is 3.42. The number of benzene rings is 2. The molecular formula is C26H23NO5. The Kier molecular flexibility index (Phi) is 4.85. The van der Waals surface area contributed by atoms with Crippen LogP contribution in [0.15, 0.2) is 64.8 Å². The van der Waals surface area contributed by atoms with Crippen LogP contribution >= 0.6 is 0 Å². The fourth-order valence-corrected chi connectivity index (χ4v) is 4.35. The lowest BCUT2D eigenvalue weighted by atomic mass is 9.96.